The molecule has 3 aromatic rings. The van der Waals surface area contributed by atoms with E-state index < -0.39 is 0 Å². The number of amides is 1. The minimum Gasteiger partial charge on any atom is -0.495 e. The number of hydrogen-bond donors (Lipinski definition) is 1. The highest BCUT2D eigenvalue weighted by Gasteiger charge is 2.12. The van der Waals surface area contributed by atoms with Crippen LogP contribution < -0.4 is 10.1 Å². The van der Waals surface area contributed by atoms with Gasteiger partial charge in [0, 0.05) is 5.56 Å². The topological polar surface area (TPSA) is 64.4 Å². The monoisotopic (exact) mass is 308 g/mol. The first-order valence-corrected chi connectivity index (χ1v) is 7.19. The SMILES string of the molecule is COc1ccccc1NC(=O)Cc1coc(-c2ccccc2)n1. The fourth-order valence-corrected chi connectivity index (χ4v) is 2.21. The average Bonchev–Trinajstić information content (AvgIpc) is 3.04. The summed E-state index contributed by atoms with van der Waals surface area (Å²) in [4.78, 5) is 16.5. The molecule has 1 aromatic heterocycles. The molecular formula is C18H16N2O3. The fraction of sp³-hybridized carbons (Fsp3) is 0.111. The molecule has 0 saturated carbocycles. The van der Waals surface area contributed by atoms with Gasteiger partial charge in [0.2, 0.25) is 11.8 Å². The van der Waals surface area contributed by atoms with Gasteiger partial charge in [-0.3, -0.25) is 4.79 Å². The molecule has 0 fully saturated rings. The molecule has 5 nitrogen and oxygen atoms in total. The van der Waals surface area contributed by atoms with Gasteiger partial charge in [-0.2, -0.15) is 0 Å². The zero-order valence-electron chi connectivity index (χ0n) is 12.7. The van der Waals surface area contributed by atoms with E-state index in [2.05, 4.69) is 10.3 Å². The van der Waals surface area contributed by atoms with Crippen molar-refractivity contribution in [2.24, 2.45) is 0 Å². The van der Waals surface area contributed by atoms with Gasteiger partial charge in [0.1, 0.15) is 12.0 Å². The van der Waals surface area contributed by atoms with Gasteiger partial charge in [-0.25, -0.2) is 4.98 Å². The Bertz CT molecular complexity index is 797. The summed E-state index contributed by atoms with van der Waals surface area (Å²) >= 11 is 0. The molecule has 0 saturated heterocycles. The van der Waals surface area contributed by atoms with Crippen molar-refractivity contribution >= 4 is 11.6 Å². The van der Waals surface area contributed by atoms with E-state index in [0.717, 1.165) is 5.56 Å². The Labute approximate surface area is 133 Å². The molecule has 0 bridgehead atoms. The summed E-state index contributed by atoms with van der Waals surface area (Å²) < 4.78 is 10.6. The number of carbonyl (C=O) groups excluding carboxylic acids is 1. The van der Waals surface area contributed by atoms with Crippen LogP contribution >= 0.6 is 0 Å². The number of nitrogens with zero attached hydrogens (tertiary/aromatic N) is 1. The van der Waals surface area contributed by atoms with E-state index in [-0.39, 0.29) is 12.3 Å². The summed E-state index contributed by atoms with van der Waals surface area (Å²) in [5, 5.41) is 2.81. The van der Waals surface area contributed by atoms with Gasteiger partial charge < -0.3 is 14.5 Å². The summed E-state index contributed by atoms with van der Waals surface area (Å²) in [6, 6.07) is 16.8. The highest BCUT2D eigenvalue weighted by atomic mass is 16.5. The molecule has 23 heavy (non-hydrogen) atoms. The predicted octanol–water partition coefficient (Wildman–Crippen LogP) is 3.53. The number of oxazole rings is 1. The third kappa shape index (κ3) is 3.58. The van der Waals surface area contributed by atoms with Crippen molar-refractivity contribution < 1.29 is 13.9 Å². The lowest BCUT2D eigenvalue weighted by molar-refractivity contribution is -0.115. The second-order valence-corrected chi connectivity index (χ2v) is 4.94. The van der Waals surface area contributed by atoms with Gasteiger partial charge in [0.15, 0.2) is 0 Å². The number of nitrogens with one attached hydrogen (secondary N) is 1. The van der Waals surface area contributed by atoms with Gasteiger partial charge >= 0.3 is 0 Å². The number of anilines is 1. The Kier molecular flexibility index (Phi) is 4.38. The smallest absolute Gasteiger partial charge is 0.230 e. The van der Waals surface area contributed by atoms with Crippen LogP contribution in [0.4, 0.5) is 5.69 Å². The molecule has 5 heteroatoms. The van der Waals surface area contributed by atoms with Crippen molar-refractivity contribution in [1.29, 1.82) is 0 Å². The first-order valence-electron chi connectivity index (χ1n) is 7.19. The second-order valence-electron chi connectivity index (χ2n) is 4.94. The molecule has 0 radical (unpaired) electrons. The van der Waals surface area contributed by atoms with E-state index in [0.29, 0.717) is 23.0 Å². The number of ether oxygens (including phenoxy) is 1. The maximum atomic E-state index is 12.1. The Morgan fingerprint density at radius 3 is 2.65 bits per heavy atom. The molecule has 1 amide bonds. The summed E-state index contributed by atoms with van der Waals surface area (Å²) in [6.07, 6.45) is 1.64. The number of rotatable bonds is 5. The summed E-state index contributed by atoms with van der Waals surface area (Å²) in [5.74, 6) is 0.944. The highest BCUT2D eigenvalue weighted by Crippen LogP contribution is 2.23. The van der Waals surface area contributed by atoms with Crippen LogP contribution in [0.2, 0.25) is 0 Å². The van der Waals surface area contributed by atoms with E-state index >= 15 is 0 Å². The molecule has 0 aliphatic heterocycles. The lowest BCUT2D eigenvalue weighted by Crippen LogP contribution is -2.15. The maximum absolute atomic E-state index is 12.1. The first kappa shape index (κ1) is 14.8. The largest absolute Gasteiger partial charge is 0.495 e. The van der Waals surface area contributed by atoms with Crippen molar-refractivity contribution in [3.63, 3.8) is 0 Å². The minimum atomic E-state index is -0.178. The Morgan fingerprint density at radius 1 is 1.13 bits per heavy atom. The summed E-state index contributed by atoms with van der Waals surface area (Å²) in [5.41, 5.74) is 2.09. The highest BCUT2D eigenvalue weighted by molar-refractivity contribution is 5.93. The van der Waals surface area contributed by atoms with Crippen LogP contribution in [-0.2, 0) is 11.2 Å². The number of benzene rings is 2. The van der Waals surface area contributed by atoms with Gasteiger partial charge in [-0.1, -0.05) is 30.3 Å². The average molecular weight is 308 g/mol. The standard InChI is InChI=1S/C18H16N2O3/c1-22-16-10-6-5-9-15(16)20-17(21)11-14-12-23-18(19-14)13-7-3-2-4-8-13/h2-10,12H,11H2,1H3,(H,20,21). The molecule has 2 aromatic carbocycles. The van der Waals surface area contributed by atoms with E-state index in [1.54, 1.807) is 19.2 Å². The van der Waals surface area contributed by atoms with Gasteiger partial charge in [0.25, 0.3) is 0 Å². The van der Waals surface area contributed by atoms with Crippen molar-refractivity contribution in [2.45, 2.75) is 6.42 Å². The van der Waals surface area contributed by atoms with Crippen molar-refractivity contribution in [3.8, 4) is 17.2 Å². The first-order chi connectivity index (χ1) is 11.3. The van der Waals surface area contributed by atoms with E-state index in [4.69, 9.17) is 9.15 Å². The molecule has 0 aliphatic rings. The Morgan fingerprint density at radius 2 is 1.87 bits per heavy atom. The van der Waals surface area contributed by atoms with Crippen molar-refractivity contribution in [1.82, 2.24) is 4.98 Å². The minimum absolute atomic E-state index is 0.133. The molecule has 1 heterocycles. The van der Waals surface area contributed by atoms with E-state index in [1.165, 1.54) is 6.26 Å². The number of carbonyl (C=O) groups is 1. The quantitative estimate of drug-likeness (QED) is 0.783. The van der Waals surface area contributed by atoms with Gasteiger partial charge in [-0.05, 0) is 24.3 Å². The number of hydrogen-bond acceptors (Lipinski definition) is 4. The zero-order chi connectivity index (χ0) is 16.1. The molecule has 0 unspecified atom stereocenters. The van der Waals surface area contributed by atoms with Crippen LogP contribution in [0.5, 0.6) is 5.75 Å². The predicted molar refractivity (Wildman–Crippen MR) is 87.3 cm³/mol. The molecule has 116 valence electrons. The van der Waals surface area contributed by atoms with E-state index in [1.807, 2.05) is 42.5 Å². The van der Waals surface area contributed by atoms with Crippen LogP contribution in [0.25, 0.3) is 11.5 Å². The van der Waals surface area contributed by atoms with Crippen LogP contribution in [0.1, 0.15) is 5.69 Å². The van der Waals surface area contributed by atoms with Crippen molar-refractivity contribution in [3.05, 3.63) is 66.6 Å². The lowest BCUT2D eigenvalue weighted by atomic mass is 10.2. The van der Waals surface area contributed by atoms with Crippen LogP contribution in [0.3, 0.4) is 0 Å². The van der Waals surface area contributed by atoms with Crippen molar-refractivity contribution in [2.75, 3.05) is 12.4 Å². The van der Waals surface area contributed by atoms with Gasteiger partial charge in [0.05, 0.1) is 24.9 Å². The lowest BCUT2D eigenvalue weighted by Gasteiger charge is -2.08. The van der Waals surface area contributed by atoms with Crippen LogP contribution in [0.15, 0.2) is 65.3 Å². The molecule has 0 atom stereocenters. The molecule has 0 aliphatic carbocycles. The number of aromatic nitrogens is 1. The summed E-state index contributed by atoms with van der Waals surface area (Å²) in [7, 11) is 1.56. The van der Waals surface area contributed by atoms with Crippen LogP contribution in [-0.4, -0.2) is 18.0 Å². The second kappa shape index (κ2) is 6.79. The molecule has 3 rings (SSSR count). The zero-order valence-corrected chi connectivity index (χ0v) is 12.7. The van der Waals surface area contributed by atoms with Gasteiger partial charge in [-0.15, -0.1) is 0 Å². The summed E-state index contributed by atoms with van der Waals surface area (Å²) in [6.45, 7) is 0. The third-order valence-corrected chi connectivity index (χ3v) is 3.30. The van der Waals surface area contributed by atoms with Crippen LogP contribution in [0, 0.1) is 0 Å². The number of methoxy groups -OCH3 is 1. The third-order valence-electron chi connectivity index (χ3n) is 3.30. The fourth-order valence-electron chi connectivity index (χ4n) is 2.21. The molecule has 1 N–H and O–H groups in total. The maximum Gasteiger partial charge on any atom is 0.230 e. The molecule has 0 spiro atoms. The van der Waals surface area contributed by atoms with E-state index in [9.17, 15) is 4.79 Å². The normalized spacial score (nSPS) is 10.3. The Hall–Kier alpha value is -3.08. The number of para-hydroxylation sites is 2. The Balaban J connectivity index is 1.68. The molecular weight excluding hydrogens is 292 g/mol.